The van der Waals surface area contributed by atoms with Crippen LogP contribution in [0.4, 0.5) is 18.9 Å². The van der Waals surface area contributed by atoms with Gasteiger partial charge in [-0.2, -0.15) is 18.3 Å². The lowest BCUT2D eigenvalue weighted by Crippen LogP contribution is -2.45. The third-order valence-corrected chi connectivity index (χ3v) is 3.85. The van der Waals surface area contributed by atoms with Crippen LogP contribution in [-0.2, 0) is 6.42 Å². The van der Waals surface area contributed by atoms with Crippen molar-refractivity contribution in [1.29, 1.82) is 0 Å². The maximum atomic E-state index is 12.7. The van der Waals surface area contributed by atoms with E-state index in [2.05, 4.69) is 10.2 Å². The van der Waals surface area contributed by atoms with Gasteiger partial charge in [-0.15, -0.1) is 0 Å². The Bertz CT molecular complexity index is 522. The van der Waals surface area contributed by atoms with Gasteiger partial charge >= 0.3 is 6.18 Å². The zero-order valence-corrected chi connectivity index (χ0v) is 12.0. The number of nitrogens with two attached hydrogens (primary N) is 1. The SMILES string of the molecule is CCc1[nH]nc(C(=O)N(CC(F)(F)F)C(C)C2CC2)c1N. The number of hydrogen-bond donors (Lipinski definition) is 2. The van der Waals surface area contributed by atoms with E-state index in [9.17, 15) is 18.0 Å². The summed E-state index contributed by atoms with van der Waals surface area (Å²) in [4.78, 5) is 13.2. The van der Waals surface area contributed by atoms with Crippen LogP contribution in [0.1, 0.15) is 42.9 Å². The predicted octanol–water partition coefficient (Wildman–Crippen LogP) is 2.36. The number of rotatable bonds is 5. The van der Waals surface area contributed by atoms with Crippen molar-refractivity contribution in [3.63, 3.8) is 0 Å². The van der Waals surface area contributed by atoms with E-state index in [1.807, 2.05) is 6.92 Å². The molecule has 5 nitrogen and oxygen atoms in total. The molecule has 0 bridgehead atoms. The van der Waals surface area contributed by atoms with Crippen molar-refractivity contribution in [3.05, 3.63) is 11.4 Å². The van der Waals surface area contributed by atoms with Gasteiger partial charge < -0.3 is 10.6 Å². The lowest BCUT2D eigenvalue weighted by Gasteiger charge is -2.29. The van der Waals surface area contributed by atoms with E-state index < -0.39 is 24.7 Å². The first-order valence-electron chi connectivity index (χ1n) is 6.95. The van der Waals surface area contributed by atoms with Gasteiger partial charge in [0.25, 0.3) is 5.91 Å². The van der Waals surface area contributed by atoms with Crippen LogP contribution in [0.2, 0.25) is 0 Å². The minimum absolute atomic E-state index is 0.122. The van der Waals surface area contributed by atoms with Crippen LogP contribution in [0.3, 0.4) is 0 Å². The van der Waals surface area contributed by atoms with Crippen LogP contribution in [-0.4, -0.2) is 39.8 Å². The summed E-state index contributed by atoms with van der Waals surface area (Å²) in [6, 6.07) is -0.472. The van der Waals surface area contributed by atoms with Gasteiger partial charge in [-0.05, 0) is 32.1 Å². The Morgan fingerprint density at radius 1 is 1.52 bits per heavy atom. The van der Waals surface area contributed by atoms with E-state index in [4.69, 9.17) is 5.73 Å². The van der Waals surface area contributed by atoms with Crippen molar-refractivity contribution >= 4 is 11.6 Å². The van der Waals surface area contributed by atoms with Gasteiger partial charge in [0.2, 0.25) is 0 Å². The van der Waals surface area contributed by atoms with Gasteiger partial charge in [0, 0.05) is 6.04 Å². The summed E-state index contributed by atoms with van der Waals surface area (Å²) in [5.41, 5.74) is 6.36. The molecule has 2 rings (SSSR count). The van der Waals surface area contributed by atoms with Gasteiger partial charge in [-0.25, -0.2) is 0 Å². The first-order chi connectivity index (χ1) is 9.74. The third-order valence-electron chi connectivity index (χ3n) is 3.85. The summed E-state index contributed by atoms with van der Waals surface area (Å²) in [6.07, 6.45) is -2.22. The second-order valence-electron chi connectivity index (χ2n) is 5.44. The number of carbonyl (C=O) groups is 1. The number of aromatic amines is 1. The Hall–Kier alpha value is -1.73. The average molecular weight is 304 g/mol. The smallest absolute Gasteiger partial charge is 0.395 e. The molecule has 1 aliphatic carbocycles. The zero-order valence-electron chi connectivity index (χ0n) is 12.0. The van der Waals surface area contributed by atoms with Gasteiger partial charge in [0.05, 0.1) is 11.4 Å². The van der Waals surface area contributed by atoms with Crippen molar-refractivity contribution in [3.8, 4) is 0 Å². The minimum Gasteiger partial charge on any atom is -0.395 e. The number of nitrogen functional groups attached to an aromatic ring is 1. The topological polar surface area (TPSA) is 75.0 Å². The highest BCUT2D eigenvalue weighted by Gasteiger charge is 2.41. The number of aryl methyl sites for hydroxylation is 1. The fraction of sp³-hybridized carbons (Fsp3) is 0.692. The third kappa shape index (κ3) is 3.48. The van der Waals surface area contributed by atoms with Gasteiger partial charge in [0.1, 0.15) is 6.54 Å². The molecular weight excluding hydrogens is 285 g/mol. The predicted molar refractivity (Wildman–Crippen MR) is 71.7 cm³/mol. The molecule has 1 fully saturated rings. The molecule has 1 unspecified atom stereocenters. The average Bonchev–Trinajstić information content (AvgIpc) is 3.17. The number of carbonyl (C=O) groups excluding carboxylic acids is 1. The lowest BCUT2D eigenvalue weighted by molar-refractivity contribution is -0.144. The highest BCUT2D eigenvalue weighted by Crippen LogP contribution is 2.37. The van der Waals surface area contributed by atoms with E-state index in [0.717, 1.165) is 17.7 Å². The summed E-state index contributed by atoms with van der Waals surface area (Å²) in [7, 11) is 0. The standard InChI is InChI=1S/C13H19F3N4O/c1-3-9-10(17)11(19-18-9)12(21)20(6-13(14,15)16)7(2)8-4-5-8/h7-8H,3-6,17H2,1-2H3,(H,18,19). The van der Waals surface area contributed by atoms with Crippen molar-refractivity contribution in [2.24, 2.45) is 5.92 Å². The number of aromatic nitrogens is 2. The fourth-order valence-corrected chi connectivity index (χ4v) is 2.38. The number of amides is 1. The molecule has 1 saturated carbocycles. The Labute approximate surface area is 120 Å². The molecule has 3 N–H and O–H groups in total. The lowest BCUT2D eigenvalue weighted by atomic mass is 10.1. The summed E-state index contributed by atoms with van der Waals surface area (Å²) in [5, 5.41) is 6.39. The van der Waals surface area contributed by atoms with Crippen molar-refractivity contribution in [2.75, 3.05) is 12.3 Å². The molecular formula is C13H19F3N4O. The molecule has 21 heavy (non-hydrogen) atoms. The van der Waals surface area contributed by atoms with Crippen LogP contribution < -0.4 is 5.73 Å². The van der Waals surface area contributed by atoms with Crippen LogP contribution in [0, 0.1) is 5.92 Å². The molecule has 1 aromatic heterocycles. The number of nitrogens with zero attached hydrogens (tertiary/aromatic N) is 2. The monoisotopic (exact) mass is 304 g/mol. The Balaban J connectivity index is 2.26. The van der Waals surface area contributed by atoms with Gasteiger partial charge in [-0.3, -0.25) is 9.89 Å². The molecule has 8 heteroatoms. The first-order valence-corrected chi connectivity index (χ1v) is 6.95. The normalized spacial score (nSPS) is 16.8. The van der Waals surface area contributed by atoms with E-state index in [1.54, 1.807) is 6.92 Å². The van der Waals surface area contributed by atoms with Crippen LogP contribution in [0.25, 0.3) is 0 Å². The Morgan fingerprint density at radius 2 is 2.14 bits per heavy atom. The van der Waals surface area contributed by atoms with E-state index in [1.165, 1.54) is 0 Å². The Morgan fingerprint density at radius 3 is 2.57 bits per heavy atom. The van der Waals surface area contributed by atoms with Crippen LogP contribution >= 0.6 is 0 Å². The van der Waals surface area contributed by atoms with Gasteiger partial charge in [0.15, 0.2) is 5.69 Å². The maximum absolute atomic E-state index is 12.7. The molecule has 0 saturated heterocycles. The summed E-state index contributed by atoms with van der Waals surface area (Å²) in [5.74, 6) is -0.637. The first kappa shape index (κ1) is 15.7. The van der Waals surface area contributed by atoms with Crippen LogP contribution in [0.5, 0.6) is 0 Å². The largest absolute Gasteiger partial charge is 0.406 e. The molecule has 0 aliphatic heterocycles. The quantitative estimate of drug-likeness (QED) is 0.877. The fourth-order valence-electron chi connectivity index (χ4n) is 2.38. The van der Waals surface area contributed by atoms with E-state index >= 15 is 0 Å². The van der Waals surface area contributed by atoms with E-state index in [0.29, 0.717) is 12.1 Å². The number of nitrogens with one attached hydrogen (secondary N) is 1. The summed E-state index contributed by atoms with van der Waals surface area (Å²) in [6.45, 7) is 2.18. The zero-order chi connectivity index (χ0) is 15.8. The second kappa shape index (κ2) is 5.57. The summed E-state index contributed by atoms with van der Waals surface area (Å²) < 4.78 is 38.2. The van der Waals surface area contributed by atoms with Crippen molar-refractivity contribution in [2.45, 2.75) is 45.3 Å². The molecule has 1 aromatic rings. The molecule has 1 aliphatic rings. The minimum atomic E-state index is -4.45. The molecule has 0 radical (unpaired) electrons. The Kier molecular flexibility index (Phi) is 4.15. The number of H-pyrrole nitrogens is 1. The molecule has 1 atom stereocenters. The van der Waals surface area contributed by atoms with Crippen molar-refractivity contribution < 1.29 is 18.0 Å². The number of halogens is 3. The van der Waals surface area contributed by atoms with Gasteiger partial charge in [-0.1, -0.05) is 6.92 Å². The maximum Gasteiger partial charge on any atom is 0.406 e. The molecule has 0 aromatic carbocycles. The highest BCUT2D eigenvalue weighted by atomic mass is 19.4. The number of alkyl halides is 3. The van der Waals surface area contributed by atoms with Crippen LogP contribution in [0.15, 0.2) is 0 Å². The number of anilines is 1. The van der Waals surface area contributed by atoms with Crippen molar-refractivity contribution in [1.82, 2.24) is 15.1 Å². The van der Waals surface area contributed by atoms with E-state index in [-0.39, 0.29) is 17.3 Å². The highest BCUT2D eigenvalue weighted by molar-refractivity contribution is 5.97. The number of hydrogen-bond acceptors (Lipinski definition) is 3. The second-order valence-corrected chi connectivity index (χ2v) is 5.44. The molecule has 118 valence electrons. The summed E-state index contributed by atoms with van der Waals surface area (Å²) >= 11 is 0. The molecule has 1 heterocycles. The molecule has 0 spiro atoms. The molecule has 1 amide bonds.